The third-order valence-electron chi connectivity index (χ3n) is 3.44. The molecule has 96 valence electrons. The molecule has 0 aliphatic carbocycles. The molecular formula is C14H21Cl2N. The molecule has 0 heterocycles. The standard InChI is InChI=1S/C14H21Cl2N/c1-10(14(2,3)4)17(5)13-8-6-7-12(16)11(13)9-15/h6-8,10H,9H2,1-5H3. The highest BCUT2D eigenvalue weighted by molar-refractivity contribution is 6.32. The van der Waals surface area contributed by atoms with E-state index in [-0.39, 0.29) is 5.41 Å². The molecular weight excluding hydrogens is 253 g/mol. The van der Waals surface area contributed by atoms with Crippen molar-refractivity contribution in [3.63, 3.8) is 0 Å². The maximum absolute atomic E-state index is 6.18. The molecule has 0 fully saturated rings. The Bertz CT molecular complexity index is 382. The van der Waals surface area contributed by atoms with Crippen molar-refractivity contribution in [2.45, 2.75) is 39.6 Å². The van der Waals surface area contributed by atoms with Crippen molar-refractivity contribution in [3.05, 3.63) is 28.8 Å². The predicted octanol–water partition coefficient (Wildman–Crippen LogP) is 4.95. The topological polar surface area (TPSA) is 3.24 Å². The molecule has 0 spiro atoms. The molecule has 0 saturated carbocycles. The van der Waals surface area contributed by atoms with Crippen LogP contribution in [0.1, 0.15) is 33.3 Å². The minimum Gasteiger partial charge on any atom is -0.371 e. The van der Waals surface area contributed by atoms with Crippen molar-refractivity contribution in [3.8, 4) is 0 Å². The Kier molecular flexibility index (Phi) is 4.74. The van der Waals surface area contributed by atoms with E-state index in [4.69, 9.17) is 23.2 Å². The van der Waals surface area contributed by atoms with Gasteiger partial charge < -0.3 is 4.90 Å². The second-order valence-electron chi connectivity index (χ2n) is 5.52. The van der Waals surface area contributed by atoms with Gasteiger partial charge in [-0.05, 0) is 24.5 Å². The van der Waals surface area contributed by atoms with Gasteiger partial charge in [0.05, 0.1) is 5.88 Å². The van der Waals surface area contributed by atoms with E-state index in [0.29, 0.717) is 11.9 Å². The Morgan fingerprint density at radius 2 is 1.88 bits per heavy atom. The molecule has 0 aliphatic rings. The fourth-order valence-electron chi connectivity index (χ4n) is 1.80. The van der Waals surface area contributed by atoms with Crippen LogP contribution in [0.25, 0.3) is 0 Å². The summed E-state index contributed by atoms with van der Waals surface area (Å²) < 4.78 is 0. The molecule has 0 bridgehead atoms. The average molecular weight is 274 g/mol. The third kappa shape index (κ3) is 3.29. The molecule has 1 nitrogen and oxygen atoms in total. The van der Waals surface area contributed by atoms with Gasteiger partial charge in [0.25, 0.3) is 0 Å². The van der Waals surface area contributed by atoms with Gasteiger partial charge in [0.2, 0.25) is 0 Å². The fraction of sp³-hybridized carbons (Fsp3) is 0.571. The second-order valence-corrected chi connectivity index (χ2v) is 6.20. The van der Waals surface area contributed by atoms with Gasteiger partial charge in [0.1, 0.15) is 0 Å². The first-order chi connectivity index (χ1) is 7.79. The van der Waals surface area contributed by atoms with E-state index in [9.17, 15) is 0 Å². The number of hydrogen-bond donors (Lipinski definition) is 0. The highest BCUT2D eigenvalue weighted by Gasteiger charge is 2.25. The van der Waals surface area contributed by atoms with Gasteiger partial charge in [-0.15, -0.1) is 11.6 Å². The highest BCUT2D eigenvalue weighted by atomic mass is 35.5. The molecule has 3 heteroatoms. The van der Waals surface area contributed by atoms with Crippen molar-refractivity contribution >= 4 is 28.9 Å². The first-order valence-corrected chi connectivity index (χ1v) is 6.76. The lowest BCUT2D eigenvalue weighted by Crippen LogP contribution is -2.39. The minimum absolute atomic E-state index is 0.209. The van der Waals surface area contributed by atoms with E-state index in [2.05, 4.69) is 45.7 Å². The van der Waals surface area contributed by atoms with Crippen LogP contribution in [-0.4, -0.2) is 13.1 Å². The van der Waals surface area contributed by atoms with Crippen LogP contribution in [0.3, 0.4) is 0 Å². The lowest BCUT2D eigenvalue weighted by molar-refractivity contribution is 0.329. The Morgan fingerprint density at radius 3 is 2.35 bits per heavy atom. The Morgan fingerprint density at radius 1 is 1.29 bits per heavy atom. The predicted molar refractivity (Wildman–Crippen MR) is 78.3 cm³/mol. The summed E-state index contributed by atoms with van der Waals surface area (Å²) in [7, 11) is 2.09. The Balaban J connectivity index is 3.12. The molecule has 1 unspecified atom stereocenters. The van der Waals surface area contributed by atoms with Gasteiger partial charge in [-0.25, -0.2) is 0 Å². The van der Waals surface area contributed by atoms with Crippen molar-refractivity contribution < 1.29 is 0 Å². The SMILES string of the molecule is CC(N(C)c1cccc(Cl)c1CCl)C(C)(C)C. The summed E-state index contributed by atoms with van der Waals surface area (Å²) in [6.07, 6.45) is 0. The largest absolute Gasteiger partial charge is 0.371 e. The number of nitrogens with zero attached hydrogens (tertiary/aromatic N) is 1. The van der Waals surface area contributed by atoms with Gasteiger partial charge in [0.15, 0.2) is 0 Å². The van der Waals surface area contributed by atoms with Crippen molar-refractivity contribution in [1.29, 1.82) is 0 Å². The molecule has 0 aliphatic heterocycles. The molecule has 0 N–H and O–H groups in total. The minimum atomic E-state index is 0.209. The second kappa shape index (κ2) is 5.49. The van der Waals surface area contributed by atoms with Gasteiger partial charge in [-0.2, -0.15) is 0 Å². The summed E-state index contributed by atoms with van der Waals surface area (Å²) in [5.74, 6) is 0.441. The summed E-state index contributed by atoms with van der Waals surface area (Å²) in [4.78, 5) is 2.25. The lowest BCUT2D eigenvalue weighted by Gasteiger charge is -2.37. The zero-order chi connectivity index (χ0) is 13.2. The molecule has 1 atom stereocenters. The quantitative estimate of drug-likeness (QED) is 0.705. The molecule has 1 aromatic carbocycles. The van der Waals surface area contributed by atoms with Crippen molar-refractivity contribution in [1.82, 2.24) is 0 Å². The first-order valence-electron chi connectivity index (χ1n) is 5.85. The van der Waals surface area contributed by atoms with Gasteiger partial charge in [-0.1, -0.05) is 38.4 Å². The van der Waals surface area contributed by atoms with Crippen LogP contribution in [0.2, 0.25) is 5.02 Å². The zero-order valence-corrected chi connectivity index (χ0v) is 12.7. The Hall–Kier alpha value is -0.400. The van der Waals surface area contributed by atoms with Gasteiger partial charge in [-0.3, -0.25) is 0 Å². The summed E-state index contributed by atoms with van der Waals surface area (Å²) in [6.45, 7) is 8.93. The van der Waals surface area contributed by atoms with Crippen LogP contribution in [0.4, 0.5) is 5.69 Å². The monoisotopic (exact) mass is 273 g/mol. The summed E-state index contributed by atoms with van der Waals surface area (Å²) in [5, 5.41) is 0.741. The van der Waals surface area contributed by atoms with Crippen LogP contribution < -0.4 is 4.90 Å². The van der Waals surface area contributed by atoms with E-state index >= 15 is 0 Å². The van der Waals surface area contributed by atoms with Gasteiger partial charge in [0, 0.05) is 29.4 Å². The van der Waals surface area contributed by atoms with Crippen LogP contribution in [0.15, 0.2) is 18.2 Å². The maximum Gasteiger partial charge on any atom is 0.0509 e. The molecule has 1 aromatic rings. The summed E-state index contributed by atoms with van der Waals surface area (Å²) >= 11 is 12.2. The lowest BCUT2D eigenvalue weighted by atomic mass is 9.86. The number of hydrogen-bond acceptors (Lipinski definition) is 1. The van der Waals surface area contributed by atoms with E-state index < -0.39 is 0 Å². The molecule has 0 saturated heterocycles. The van der Waals surface area contributed by atoms with Crippen LogP contribution >= 0.6 is 23.2 Å². The van der Waals surface area contributed by atoms with E-state index in [1.165, 1.54) is 0 Å². The highest BCUT2D eigenvalue weighted by Crippen LogP contribution is 2.33. The number of anilines is 1. The summed E-state index contributed by atoms with van der Waals surface area (Å²) in [6, 6.07) is 6.34. The normalized spacial score (nSPS) is 13.6. The smallest absolute Gasteiger partial charge is 0.0509 e. The molecule has 1 rings (SSSR count). The molecule has 0 radical (unpaired) electrons. The number of benzene rings is 1. The first kappa shape index (κ1) is 14.7. The van der Waals surface area contributed by atoms with E-state index in [0.717, 1.165) is 16.3 Å². The van der Waals surface area contributed by atoms with Crippen LogP contribution in [-0.2, 0) is 5.88 Å². The van der Waals surface area contributed by atoms with Crippen LogP contribution in [0.5, 0.6) is 0 Å². The summed E-state index contributed by atoms with van der Waals surface area (Å²) in [5.41, 5.74) is 2.34. The molecule has 0 aromatic heterocycles. The van der Waals surface area contributed by atoms with E-state index in [1.807, 2.05) is 12.1 Å². The maximum atomic E-state index is 6.18. The molecule has 17 heavy (non-hydrogen) atoms. The van der Waals surface area contributed by atoms with Crippen molar-refractivity contribution in [2.75, 3.05) is 11.9 Å². The fourth-order valence-corrected chi connectivity index (χ4v) is 2.39. The van der Waals surface area contributed by atoms with Gasteiger partial charge >= 0.3 is 0 Å². The Labute approximate surface area is 115 Å². The van der Waals surface area contributed by atoms with E-state index in [1.54, 1.807) is 0 Å². The average Bonchev–Trinajstić information content (AvgIpc) is 2.25. The van der Waals surface area contributed by atoms with Crippen molar-refractivity contribution in [2.24, 2.45) is 5.41 Å². The van der Waals surface area contributed by atoms with Crippen LogP contribution in [0, 0.1) is 5.41 Å². The third-order valence-corrected chi connectivity index (χ3v) is 4.06. The molecule has 0 amide bonds. The zero-order valence-electron chi connectivity index (χ0n) is 11.2. The number of halogens is 2. The number of alkyl halides is 1. The number of rotatable bonds is 3.